The third-order valence-corrected chi connectivity index (χ3v) is 4.05. The lowest BCUT2D eigenvalue weighted by molar-refractivity contribution is 0.0703. The SMILES string of the molecule is O=C(Nc1ccsc1C(=O)O)c1cc(C(F)F)cs1. The van der Waals surface area contributed by atoms with Crippen molar-refractivity contribution in [2.45, 2.75) is 6.43 Å². The number of halogens is 2. The molecular weight excluding hydrogens is 296 g/mol. The summed E-state index contributed by atoms with van der Waals surface area (Å²) in [5, 5.41) is 14.0. The Morgan fingerprint density at radius 3 is 2.63 bits per heavy atom. The van der Waals surface area contributed by atoms with Crippen molar-refractivity contribution in [1.29, 1.82) is 0 Å². The van der Waals surface area contributed by atoms with E-state index in [4.69, 9.17) is 5.11 Å². The molecule has 0 aromatic carbocycles. The van der Waals surface area contributed by atoms with E-state index in [1.807, 2.05) is 0 Å². The van der Waals surface area contributed by atoms with Crippen molar-refractivity contribution in [3.8, 4) is 0 Å². The van der Waals surface area contributed by atoms with Crippen LogP contribution in [-0.4, -0.2) is 17.0 Å². The van der Waals surface area contributed by atoms with Crippen LogP contribution in [0.2, 0.25) is 0 Å². The van der Waals surface area contributed by atoms with Crippen molar-refractivity contribution in [3.05, 3.63) is 38.2 Å². The maximum absolute atomic E-state index is 12.4. The Balaban J connectivity index is 2.16. The minimum absolute atomic E-state index is 0.000936. The van der Waals surface area contributed by atoms with Gasteiger partial charge in [-0.15, -0.1) is 22.7 Å². The summed E-state index contributed by atoms with van der Waals surface area (Å²) in [6, 6.07) is 2.55. The average Bonchev–Trinajstić information content (AvgIpc) is 2.96. The standard InChI is InChI=1S/C11H7F2NO3S2/c12-9(13)5-3-7(19-4-5)10(15)14-6-1-2-18-8(6)11(16)17/h1-4,9H,(H,14,15)(H,16,17). The molecule has 0 saturated heterocycles. The van der Waals surface area contributed by atoms with Gasteiger partial charge in [-0.05, 0) is 17.5 Å². The molecule has 2 rings (SSSR count). The van der Waals surface area contributed by atoms with E-state index in [1.54, 1.807) is 0 Å². The highest BCUT2D eigenvalue weighted by atomic mass is 32.1. The fraction of sp³-hybridized carbons (Fsp3) is 0.0909. The first-order chi connectivity index (χ1) is 8.99. The van der Waals surface area contributed by atoms with Crippen LogP contribution in [0, 0.1) is 0 Å². The molecule has 0 radical (unpaired) electrons. The van der Waals surface area contributed by atoms with E-state index in [0.717, 1.165) is 28.7 Å². The minimum atomic E-state index is -2.63. The summed E-state index contributed by atoms with van der Waals surface area (Å²) in [5.74, 6) is -1.75. The van der Waals surface area contributed by atoms with Crippen molar-refractivity contribution < 1.29 is 23.5 Å². The highest BCUT2D eigenvalue weighted by molar-refractivity contribution is 7.13. The van der Waals surface area contributed by atoms with Gasteiger partial charge in [0.1, 0.15) is 4.88 Å². The van der Waals surface area contributed by atoms with Crippen molar-refractivity contribution in [2.75, 3.05) is 5.32 Å². The molecule has 0 unspecified atom stereocenters. The van der Waals surface area contributed by atoms with Gasteiger partial charge in [-0.25, -0.2) is 13.6 Å². The van der Waals surface area contributed by atoms with Crippen LogP contribution in [0.25, 0.3) is 0 Å². The summed E-state index contributed by atoms with van der Waals surface area (Å²) in [6.45, 7) is 0. The molecule has 0 aliphatic heterocycles. The Labute approximate surface area is 114 Å². The van der Waals surface area contributed by atoms with E-state index < -0.39 is 18.3 Å². The molecule has 19 heavy (non-hydrogen) atoms. The summed E-state index contributed by atoms with van der Waals surface area (Å²) >= 11 is 1.86. The highest BCUT2D eigenvalue weighted by Gasteiger charge is 2.17. The fourth-order valence-electron chi connectivity index (χ4n) is 1.34. The second-order valence-electron chi connectivity index (χ2n) is 3.47. The quantitative estimate of drug-likeness (QED) is 0.905. The number of rotatable bonds is 4. The van der Waals surface area contributed by atoms with Gasteiger partial charge in [0.2, 0.25) is 0 Å². The van der Waals surface area contributed by atoms with Gasteiger partial charge in [-0.3, -0.25) is 4.79 Å². The third kappa shape index (κ3) is 2.96. The Morgan fingerprint density at radius 2 is 2.05 bits per heavy atom. The van der Waals surface area contributed by atoms with Crippen molar-refractivity contribution >= 4 is 40.2 Å². The van der Waals surface area contributed by atoms with Gasteiger partial charge in [0, 0.05) is 10.9 Å². The van der Waals surface area contributed by atoms with E-state index in [2.05, 4.69) is 5.32 Å². The normalized spacial score (nSPS) is 10.7. The van der Waals surface area contributed by atoms with E-state index in [1.165, 1.54) is 16.8 Å². The van der Waals surface area contributed by atoms with Gasteiger partial charge in [-0.2, -0.15) is 0 Å². The summed E-state index contributed by atoms with van der Waals surface area (Å²) < 4.78 is 24.8. The fourth-order valence-corrected chi connectivity index (χ4v) is 2.82. The highest BCUT2D eigenvalue weighted by Crippen LogP contribution is 2.27. The Bertz CT molecular complexity index is 621. The molecule has 0 atom stereocenters. The van der Waals surface area contributed by atoms with Gasteiger partial charge in [0.25, 0.3) is 12.3 Å². The number of anilines is 1. The molecule has 8 heteroatoms. The van der Waals surface area contributed by atoms with Crippen LogP contribution in [0.4, 0.5) is 14.5 Å². The van der Waals surface area contributed by atoms with Crippen LogP contribution in [0.3, 0.4) is 0 Å². The summed E-state index contributed by atoms with van der Waals surface area (Å²) in [7, 11) is 0. The number of amides is 1. The predicted octanol–water partition coefficient (Wildman–Crippen LogP) is 3.70. The number of alkyl halides is 2. The second-order valence-corrected chi connectivity index (χ2v) is 5.30. The van der Waals surface area contributed by atoms with Crippen molar-refractivity contribution in [1.82, 2.24) is 0 Å². The number of carboxylic acid groups (broad SMARTS) is 1. The molecule has 0 saturated carbocycles. The Kier molecular flexibility index (Phi) is 3.91. The number of thiophene rings is 2. The van der Waals surface area contributed by atoms with Gasteiger partial charge in [-0.1, -0.05) is 0 Å². The molecule has 0 spiro atoms. The first-order valence-electron chi connectivity index (χ1n) is 4.97. The Morgan fingerprint density at radius 1 is 1.32 bits per heavy atom. The molecule has 1 amide bonds. The number of carboxylic acids is 1. The number of aromatic carboxylic acids is 1. The first-order valence-corrected chi connectivity index (χ1v) is 6.73. The van der Waals surface area contributed by atoms with E-state index in [9.17, 15) is 18.4 Å². The van der Waals surface area contributed by atoms with Crippen molar-refractivity contribution in [2.24, 2.45) is 0 Å². The zero-order chi connectivity index (χ0) is 14.0. The number of carbonyl (C=O) groups is 2. The number of hydrogen-bond acceptors (Lipinski definition) is 4. The maximum atomic E-state index is 12.4. The molecule has 0 aliphatic rings. The molecule has 0 fully saturated rings. The largest absolute Gasteiger partial charge is 0.477 e. The predicted molar refractivity (Wildman–Crippen MR) is 68.5 cm³/mol. The van der Waals surface area contributed by atoms with Crippen LogP contribution in [0.1, 0.15) is 31.3 Å². The monoisotopic (exact) mass is 303 g/mol. The molecule has 100 valence electrons. The number of hydrogen-bond donors (Lipinski definition) is 2. The van der Waals surface area contributed by atoms with Gasteiger partial charge >= 0.3 is 5.97 Å². The number of nitrogens with one attached hydrogen (secondary N) is 1. The van der Waals surface area contributed by atoms with Gasteiger partial charge < -0.3 is 10.4 Å². The third-order valence-electron chi connectivity index (χ3n) is 2.20. The van der Waals surface area contributed by atoms with E-state index in [-0.39, 0.29) is 21.0 Å². The number of carbonyl (C=O) groups excluding carboxylic acids is 1. The van der Waals surface area contributed by atoms with E-state index >= 15 is 0 Å². The van der Waals surface area contributed by atoms with Gasteiger partial charge in [0.15, 0.2) is 0 Å². The first kappa shape index (κ1) is 13.6. The van der Waals surface area contributed by atoms with Gasteiger partial charge in [0.05, 0.1) is 10.6 Å². The molecule has 2 heterocycles. The minimum Gasteiger partial charge on any atom is -0.477 e. The zero-order valence-electron chi connectivity index (χ0n) is 9.22. The lowest BCUT2D eigenvalue weighted by Crippen LogP contribution is -2.12. The molecule has 2 aromatic heterocycles. The van der Waals surface area contributed by atoms with Crippen molar-refractivity contribution in [3.63, 3.8) is 0 Å². The summed E-state index contributed by atoms with van der Waals surface area (Å²) in [5.41, 5.74) is -0.0616. The van der Waals surface area contributed by atoms with E-state index in [0.29, 0.717) is 0 Å². The van der Waals surface area contributed by atoms with Crippen LogP contribution in [-0.2, 0) is 0 Å². The van der Waals surface area contributed by atoms with Crippen LogP contribution in [0.15, 0.2) is 22.9 Å². The molecule has 0 bridgehead atoms. The topological polar surface area (TPSA) is 66.4 Å². The summed E-state index contributed by atoms with van der Waals surface area (Å²) in [4.78, 5) is 22.8. The molecule has 2 aromatic rings. The van der Waals surface area contributed by atoms with Crippen LogP contribution < -0.4 is 5.32 Å². The lowest BCUT2D eigenvalue weighted by Gasteiger charge is -2.02. The average molecular weight is 303 g/mol. The van der Waals surface area contributed by atoms with Crippen LogP contribution >= 0.6 is 22.7 Å². The summed E-state index contributed by atoms with van der Waals surface area (Å²) in [6.07, 6.45) is -2.63. The molecule has 4 nitrogen and oxygen atoms in total. The van der Waals surface area contributed by atoms with Crippen LogP contribution in [0.5, 0.6) is 0 Å². The smallest absolute Gasteiger partial charge is 0.348 e. The zero-order valence-corrected chi connectivity index (χ0v) is 10.9. The molecular formula is C11H7F2NO3S2. The second kappa shape index (κ2) is 5.45. The lowest BCUT2D eigenvalue weighted by atomic mass is 10.3. The maximum Gasteiger partial charge on any atom is 0.348 e. The Hall–Kier alpha value is -1.80. The molecule has 2 N–H and O–H groups in total. The molecule has 0 aliphatic carbocycles.